The Kier molecular flexibility index (Phi) is 4.42. The fraction of sp³-hybridized carbons (Fsp3) is 0.308. The molecule has 19 heavy (non-hydrogen) atoms. The quantitative estimate of drug-likeness (QED) is 0.402. The summed E-state index contributed by atoms with van der Waals surface area (Å²) < 4.78 is 5.65. The van der Waals surface area contributed by atoms with E-state index in [9.17, 15) is 0 Å². The molecule has 0 aliphatic rings. The molecule has 1 N–H and O–H groups in total. The van der Waals surface area contributed by atoms with Gasteiger partial charge >= 0.3 is 0 Å². The lowest BCUT2D eigenvalue weighted by atomic mass is 10.3. The summed E-state index contributed by atoms with van der Waals surface area (Å²) in [7, 11) is 0. The maximum absolute atomic E-state index is 8.60. The Hall–Kier alpha value is -2.00. The van der Waals surface area contributed by atoms with Crippen LogP contribution in [0.4, 0.5) is 5.69 Å². The molecule has 0 unspecified atom stereocenters. The van der Waals surface area contributed by atoms with Crippen LogP contribution in [0.2, 0.25) is 0 Å². The number of nitriles is 1. The minimum absolute atomic E-state index is 0.551. The predicted molar refractivity (Wildman–Crippen MR) is 77.4 cm³/mol. The molecule has 1 aromatic heterocycles. The van der Waals surface area contributed by atoms with Crippen LogP contribution in [0, 0.1) is 11.5 Å². The Bertz CT molecular complexity index is 642. The summed E-state index contributed by atoms with van der Waals surface area (Å²) in [5.74, 6) is 0.749. The number of oxazole rings is 1. The molecule has 0 amide bonds. The summed E-state index contributed by atoms with van der Waals surface area (Å²) in [6.45, 7) is 2.09. The predicted octanol–water partition coefficient (Wildman–Crippen LogP) is 3.20. The molecule has 0 saturated carbocycles. The van der Waals surface area contributed by atoms with Crippen molar-refractivity contribution in [2.45, 2.75) is 19.8 Å². The highest BCUT2D eigenvalue weighted by Crippen LogP contribution is 2.23. The van der Waals surface area contributed by atoms with E-state index in [4.69, 9.17) is 9.68 Å². The van der Waals surface area contributed by atoms with E-state index < -0.39 is 0 Å². The third-order valence-corrected chi connectivity index (χ3v) is 3.05. The fourth-order valence-electron chi connectivity index (χ4n) is 1.64. The van der Waals surface area contributed by atoms with Crippen molar-refractivity contribution in [2.24, 2.45) is 4.99 Å². The number of nitrogens with zero attached hydrogens (tertiary/aromatic N) is 3. The summed E-state index contributed by atoms with van der Waals surface area (Å²) >= 11 is 1.38. The number of aromatic nitrogens is 1. The van der Waals surface area contributed by atoms with E-state index in [1.807, 2.05) is 30.6 Å². The third-order valence-electron chi connectivity index (χ3n) is 2.47. The minimum Gasteiger partial charge on any atom is -0.441 e. The molecule has 0 spiro atoms. The van der Waals surface area contributed by atoms with Crippen LogP contribution in [-0.4, -0.2) is 16.4 Å². The van der Waals surface area contributed by atoms with Gasteiger partial charge in [-0.3, -0.25) is 5.32 Å². The minimum atomic E-state index is 0.551. The maximum Gasteiger partial charge on any atom is 0.195 e. The Morgan fingerprint density at radius 3 is 3.11 bits per heavy atom. The van der Waals surface area contributed by atoms with Crippen molar-refractivity contribution in [1.29, 1.82) is 5.26 Å². The zero-order chi connectivity index (χ0) is 13.7. The van der Waals surface area contributed by atoms with E-state index in [-0.39, 0.29) is 0 Å². The smallest absolute Gasteiger partial charge is 0.195 e. The second-order valence-electron chi connectivity index (χ2n) is 3.87. The van der Waals surface area contributed by atoms with Crippen LogP contribution in [0.25, 0.3) is 11.1 Å². The second-order valence-corrected chi connectivity index (χ2v) is 4.66. The summed E-state index contributed by atoms with van der Waals surface area (Å²) in [5, 5.41) is 11.7. The molecular weight excluding hydrogens is 260 g/mol. The third kappa shape index (κ3) is 3.26. The van der Waals surface area contributed by atoms with Gasteiger partial charge in [0.05, 0.1) is 5.69 Å². The van der Waals surface area contributed by atoms with Crippen LogP contribution in [0.3, 0.4) is 0 Å². The lowest BCUT2D eigenvalue weighted by Crippen LogP contribution is -2.12. The zero-order valence-corrected chi connectivity index (χ0v) is 11.6. The van der Waals surface area contributed by atoms with Crippen molar-refractivity contribution < 1.29 is 4.42 Å². The summed E-state index contributed by atoms with van der Waals surface area (Å²) in [5.41, 5.74) is 2.29. The molecule has 98 valence electrons. The fourth-order valence-corrected chi connectivity index (χ4v) is 1.99. The van der Waals surface area contributed by atoms with E-state index in [1.165, 1.54) is 11.8 Å². The molecule has 1 heterocycles. The van der Waals surface area contributed by atoms with Gasteiger partial charge in [0, 0.05) is 12.5 Å². The van der Waals surface area contributed by atoms with Crippen LogP contribution < -0.4 is 5.32 Å². The van der Waals surface area contributed by atoms with Gasteiger partial charge in [-0.15, -0.1) is 0 Å². The maximum atomic E-state index is 8.60. The van der Waals surface area contributed by atoms with Gasteiger partial charge in [0.1, 0.15) is 5.52 Å². The largest absolute Gasteiger partial charge is 0.441 e. The molecule has 0 atom stereocenters. The van der Waals surface area contributed by atoms with E-state index in [2.05, 4.69) is 22.2 Å². The molecule has 0 aliphatic heterocycles. The van der Waals surface area contributed by atoms with E-state index >= 15 is 0 Å². The number of rotatable bonds is 3. The first-order valence-corrected chi connectivity index (χ1v) is 7.16. The number of hydrogen-bond donors (Lipinski definition) is 1. The standard InChI is InChI=1S/C13H14N4OS/c1-3-4-12-17-10-6-5-9(7-11(10)18-12)16-13(19-2)15-8-14/h5-7H,3-4H2,1-2H3,(H,15,16). The number of hydrogen-bond acceptors (Lipinski definition) is 5. The Labute approximate surface area is 115 Å². The number of fused-ring (bicyclic) bond motifs is 1. The lowest BCUT2D eigenvalue weighted by molar-refractivity contribution is 0.525. The van der Waals surface area contributed by atoms with E-state index in [1.54, 1.807) is 0 Å². The number of aryl methyl sites for hydroxylation is 1. The molecule has 1 aromatic carbocycles. The van der Waals surface area contributed by atoms with E-state index in [0.717, 1.165) is 35.5 Å². The van der Waals surface area contributed by atoms with Gasteiger partial charge in [-0.05, 0) is 24.8 Å². The number of nitrogens with one attached hydrogen (secondary N) is 1. The highest BCUT2D eigenvalue weighted by molar-refractivity contribution is 8.13. The Morgan fingerprint density at radius 2 is 2.42 bits per heavy atom. The average molecular weight is 274 g/mol. The van der Waals surface area contributed by atoms with Gasteiger partial charge in [0.2, 0.25) is 0 Å². The van der Waals surface area contributed by atoms with Crippen molar-refractivity contribution in [1.82, 2.24) is 10.3 Å². The van der Waals surface area contributed by atoms with Crippen LogP contribution in [-0.2, 0) is 6.42 Å². The summed E-state index contributed by atoms with van der Waals surface area (Å²) in [6, 6.07) is 5.56. The van der Waals surface area contributed by atoms with Gasteiger partial charge in [-0.1, -0.05) is 18.7 Å². The normalized spacial score (nSPS) is 11.5. The molecular formula is C13H14N4OS. The topological polar surface area (TPSA) is 74.2 Å². The lowest BCUT2D eigenvalue weighted by Gasteiger charge is -1.98. The molecule has 0 aliphatic carbocycles. The SMILES string of the molecule is CCCc1nc2ccc(N=C(NC#N)SC)cc2o1. The molecule has 2 aromatic rings. The molecule has 0 saturated heterocycles. The van der Waals surface area contributed by atoms with Crippen LogP contribution >= 0.6 is 11.8 Å². The molecule has 0 bridgehead atoms. The second kappa shape index (κ2) is 6.25. The van der Waals surface area contributed by atoms with Crippen molar-refractivity contribution in [3.05, 3.63) is 24.1 Å². The van der Waals surface area contributed by atoms with E-state index in [0.29, 0.717) is 5.17 Å². The summed E-state index contributed by atoms with van der Waals surface area (Å²) in [6.07, 6.45) is 5.55. The Morgan fingerprint density at radius 1 is 1.58 bits per heavy atom. The van der Waals surface area contributed by atoms with Gasteiger partial charge < -0.3 is 4.42 Å². The monoisotopic (exact) mass is 274 g/mol. The van der Waals surface area contributed by atoms with Crippen molar-refractivity contribution in [3.63, 3.8) is 0 Å². The average Bonchev–Trinajstić information content (AvgIpc) is 2.80. The van der Waals surface area contributed by atoms with Crippen molar-refractivity contribution in [2.75, 3.05) is 6.26 Å². The van der Waals surface area contributed by atoms with Gasteiger partial charge in [-0.2, -0.15) is 5.26 Å². The van der Waals surface area contributed by atoms with Crippen LogP contribution in [0.1, 0.15) is 19.2 Å². The highest BCUT2D eigenvalue weighted by atomic mass is 32.2. The van der Waals surface area contributed by atoms with Crippen molar-refractivity contribution in [3.8, 4) is 6.19 Å². The first kappa shape index (κ1) is 13.4. The number of aliphatic imine (C=N–C) groups is 1. The summed E-state index contributed by atoms with van der Waals surface area (Å²) in [4.78, 5) is 8.72. The number of benzene rings is 1. The first-order chi connectivity index (χ1) is 9.26. The molecule has 2 rings (SSSR count). The number of amidine groups is 1. The van der Waals surface area contributed by atoms with Gasteiger partial charge in [-0.25, -0.2) is 9.98 Å². The van der Waals surface area contributed by atoms with Crippen LogP contribution in [0.5, 0.6) is 0 Å². The highest BCUT2D eigenvalue weighted by Gasteiger charge is 2.06. The first-order valence-electron chi connectivity index (χ1n) is 5.94. The molecule has 0 radical (unpaired) electrons. The van der Waals surface area contributed by atoms with Crippen molar-refractivity contribution >= 4 is 33.7 Å². The zero-order valence-electron chi connectivity index (χ0n) is 10.8. The molecule has 5 nitrogen and oxygen atoms in total. The van der Waals surface area contributed by atoms with Gasteiger partial charge in [0.25, 0.3) is 0 Å². The number of thioether (sulfide) groups is 1. The molecule has 6 heteroatoms. The van der Waals surface area contributed by atoms with Crippen LogP contribution in [0.15, 0.2) is 27.6 Å². The van der Waals surface area contributed by atoms with Gasteiger partial charge in [0.15, 0.2) is 22.8 Å². The molecule has 0 fully saturated rings. The Balaban J connectivity index is 2.33.